The highest BCUT2D eigenvalue weighted by Gasteiger charge is 2.15. The molecule has 0 saturated carbocycles. The molecule has 0 saturated heterocycles. The first-order chi connectivity index (χ1) is 11.4. The van der Waals surface area contributed by atoms with Crippen molar-refractivity contribution in [3.05, 3.63) is 54.5 Å². The summed E-state index contributed by atoms with van der Waals surface area (Å²) in [6, 6.07) is 10.9. The monoisotopic (exact) mass is 348 g/mol. The van der Waals surface area contributed by atoms with Crippen LogP contribution in [-0.4, -0.2) is 31.2 Å². The van der Waals surface area contributed by atoms with Crippen molar-refractivity contribution in [3.63, 3.8) is 0 Å². The summed E-state index contributed by atoms with van der Waals surface area (Å²) in [5, 5.41) is 10.1. The van der Waals surface area contributed by atoms with Gasteiger partial charge < -0.3 is 10.1 Å². The van der Waals surface area contributed by atoms with Gasteiger partial charge in [0.15, 0.2) is 0 Å². The Kier molecular flexibility index (Phi) is 4.40. The number of fused-ring (bicyclic) bond motifs is 1. The smallest absolute Gasteiger partial charge is 0.240 e. The third kappa shape index (κ3) is 3.33. The van der Waals surface area contributed by atoms with E-state index in [2.05, 4.69) is 9.71 Å². The lowest BCUT2D eigenvalue weighted by Gasteiger charge is -2.09. The minimum absolute atomic E-state index is 0.0436. The van der Waals surface area contributed by atoms with Crippen molar-refractivity contribution in [3.8, 4) is 11.1 Å². The van der Waals surface area contributed by atoms with Crippen LogP contribution in [0.2, 0.25) is 0 Å². The van der Waals surface area contributed by atoms with Gasteiger partial charge in [-0.15, -0.1) is 0 Å². The van der Waals surface area contributed by atoms with Crippen LogP contribution in [0.5, 0.6) is 0 Å². The van der Waals surface area contributed by atoms with Crippen LogP contribution in [0.15, 0.2) is 53.6 Å². The second-order valence-corrected chi connectivity index (χ2v) is 7.38. The molecule has 1 heterocycles. The third-order valence-corrected chi connectivity index (χ3v) is 5.13. The van der Waals surface area contributed by atoms with Crippen LogP contribution in [0.4, 0.5) is 4.39 Å². The van der Waals surface area contributed by atoms with Gasteiger partial charge in [0.2, 0.25) is 10.0 Å². The normalized spacial score (nSPS) is 13.3. The van der Waals surface area contributed by atoms with E-state index < -0.39 is 16.1 Å². The fraction of sp³-hybridized carbons (Fsp3) is 0.176. The van der Waals surface area contributed by atoms with Crippen molar-refractivity contribution in [2.24, 2.45) is 0 Å². The number of aliphatic hydroxyl groups is 1. The van der Waals surface area contributed by atoms with Gasteiger partial charge in [-0.25, -0.2) is 17.5 Å². The number of halogens is 1. The first-order valence-electron chi connectivity index (χ1n) is 7.41. The molecule has 0 unspecified atom stereocenters. The zero-order valence-electron chi connectivity index (χ0n) is 13.0. The molecule has 3 N–H and O–H groups in total. The van der Waals surface area contributed by atoms with Crippen molar-refractivity contribution in [2.45, 2.75) is 17.9 Å². The maximum absolute atomic E-state index is 13.3. The molecule has 24 heavy (non-hydrogen) atoms. The Morgan fingerprint density at radius 3 is 2.58 bits per heavy atom. The molecule has 0 aliphatic carbocycles. The minimum Gasteiger partial charge on any atom is -0.392 e. The molecular weight excluding hydrogens is 331 g/mol. The fourth-order valence-electron chi connectivity index (χ4n) is 2.46. The second-order valence-electron chi connectivity index (χ2n) is 5.62. The number of H-pyrrole nitrogens is 1. The van der Waals surface area contributed by atoms with Crippen molar-refractivity contribution >= 4 is 20.9 Å². The lowest BCUT2D eigenvalue weighted by molar-refractivity contribution is 0.198. The summed E-state index contributed by atoms with van der Waals surface area (Å²) in [5.41, 5.74) is 2.37. The fourth-order valence-corrected chi connectivity index (χ4v) is 3.59. The summed E-state index contributed by atoms with van der Waals surface area (Å²) >= 11 is 0. The SMILES string of the molecule is C[C@H](O)CNS(=O)(=O)c1ccc(-c2c[nH]c3cc(F)ccc23)cc1. The number of nitrogens with one attached hydrogen (secondary N) is 2. The van der Waals surface area contributed by atoms with Crippen LogP contribution in [0.3, 0.4) is 0 Å². The maximum atomic E-state index is 13.3. The Morgan fingerprint density at radius 1 is 1.21 bits per heavy atom. The number of sulfonamides is 1. The molecule has 1 atom stereocenters. The molecular formula is C17H17FN2O3S. The van der Waals surface area contributed by atoms with E-state index in [0.717, 1.165) is 16.5 Å². The zero-order valence-corrected chi connectivity index (χ0v) is 13.8. The molecule has 3 rings (SSSR count). The van der Waals surface area contributed by atoms with E-state index in [1.54, 1.807) is 24.4 Å². The predicted octanol–water partition coefficient (Wildman–Crippen LogP) is 2.63. The number of aromatic nitrogens is 1. The molecule has 2 aromatic carbocycles. The summed E-state index contributed by atoms with van der Waals surface area (Å²) in [4.78, 5) is 3.13. The van der Waals surface area contributed by atoms with E-state index in [4.69, 9.17) is 0 Å². The molecule has 0 spiro atoms. The number of hydrogen-bond acceptors (Lipinski definition) is 3. The first-order valence-corrected chi connectivity index (χ1v) is 8.90. The molecule has 1 aromatic heterocycles. The molecule has 0 bridgehead atoms. The quantitative estimate of drug-likeness (QED) is 0.663. The van der Waals surface area contributed by atoms with Crippen LogP contribution >= 0.6 is 0 Å². The molecule has 0 radical (unpaired) electrons. The van der Waals surface area contributed by atoms with Crippen LogP contribution in [0, 0.1) is 5.82 Å². The lowest BCUT2D eigenvalue weighted by atomic mass is 10.1. The number of hydrogen-bond donors (Lipinski definition) is 3. The van der Waals surface area contributed by atoms with Gasteiger partial charge in [-0.05, 0) is 42.8 Å². The van der Waals surface area contributed by atoms with E-state index in [1.807, 2.05) is 0 Å². The van der Waals surface area contributed by atoms with Gasteiger partial charge >= 0.3 is 0 Å². The molecule has 0 aliphatic rings. The van der Waals surface area contributed by atoms with E-state index in [-0.39, 0.29) is 17.3 Å². The highest BCUT2D eigenvalue weighted by atomic mass is 32.2. The molecule has 7 heteroatoms. The highest BCUT2D eigenvalue weighted by Crippen LogP contribution is 2.29. The average molecular weight is 348 g/mol. The number of aliphatic hydroxyl groups excluding tert-OH is 1. The maximum Gasteiger partial charge on any atom is 0.240 e. The van der Waals surface area contributed by atoms with Gasteiger partial charge in [-0.3, -0.25) is 0 Å². The van der Waals surface area contributed by atoms with E-state index in [9.17, 15) is 17.9 Å². The van der Waals surface area contributed by atoms with Crippen molar-refractivity contribution < 1.29 is 17.9 Å². The molecule has 3 aromatic rings. The second kappa shape index (κ2) is 6.35. The molecule has 5 nitrogen and oxygen atoms in total. The van der Waals surface area contributed by atoms with Gasteiger partial charge in [-0.1, -0.05) is 12.1 Å². The Balaban J connectivity index is 1.91. The van der Waals surface area contributed by atoms with Crippen LogP contribution in [-0.2, 0) is 10.0 Å². The third-order valence-electron chi connectivity index (χ3n) is 3.69. The number of rotatable bonds is 5. The van der Waals surface area contributed by atoms with E-state index in [1.165, 1.54) is 31.2 Å². The molecule has 0 amide bonds. The van der Waals surface area contributed by atoms with E-state index >= 15 is 0 Å². The Bertz CT molecular complexity index is 963. The van der Waals surface area contributed by atoms with Crippen molar-refractivity contribution in [2.75, 3.05) is 6.54 Å². The summed E-state index contributed by atoms with van der Waals surface area (Å²) in [6.45, 7) is 1.46. The average Bonchev–Trinajstić information content (AvgIpc) is 2.96. The van der Waals surface area contributed by atoms with Crippen LogP contribution < -0.4 is 4.72 Å². The van der Waals surface area contributed by atoms with Crippen LogP contribution in [0.1, 0.15) is 6.92 Å². The summed E-state index contributed by atoms with van der Waals surface area (Å²) in [7, 11) is -3.66. The van der Waals surface area contributed by atoms with Crippen molar-refractivity contribution in [1.82, 2.24) is 9.71 Å². The van der Waals surface area contributed by atoms with Gasteiger partial charge in [0.05, 0.1) is 11.0 Å². The highest BCUT2D eigenvalue weighted by molar-refractivity contribution is 7.89. The summed E-state index contributed by atoms with van der Waals surface area (Å²) in [5.74, 6) is -0.318. The standard InChI is InChI=1S/C17H17FN2O3S/c1-11(21)9-20-24(22,23)14-5-2-12(3-6-14)16-10-19-17-8-13(18)4-7-15(16)17/h2-8,10-11,19-21H,9H2,1H3/t11-/m0/s1. The van der Waals surface area contributed by atoms with Gasteiger partial charge in [0.1, 0.15) is 5.82 Å². The summed E-state index contributed by atoms with van der Waals surface area (Å²) < 4.78 is 39.8. The van der Waals surface area contributed by atoms with Gasteiger partial charge in [0, 0.05) is 29.2 Å². The molecule has 0 fully saturated rings. The Morgan fingerprint density at radius 2 is 1.92 bits per heavy atom. The lowest BCUT2D eigenvalue weighted by Crippen LogP contribution is -2.30. The Hall–Kier alpha value is -2.22. The number of benzene rings is 2. The number of aromatic amines is 1. The zero-order chi connectivity index (χ0) is 17.3. The van der Waals surface area contributed by atoms with Gasteiger partial charge in [0.25, 0.3) is 0 Å². The topological polar surface area (TPSA) is 82.2 Å². The predicted molar refractivity (Wildman–Crippen MR) is 90.6 cm³/mol. The van der Waals surface area contributed by atoms with Crippen LogP contribution in [0.25, 0.3) is 22.0 Å². The molecule has 126 valence electrons. The molecule has 0 aliphatic heterocycles. The largest absolute Gasteiger partial charge is 0.392 e. The Labute approximate surface area is 139 Å². The van der Waals surface area contributed by atoms with E-state index in [0.29, 0.717) is 5.52 Å². The first kappa shape index (κ1) is 16.6. The van der Waals surface area contributed by atoms with Crippen molar-refractivity contribution in [1.29, 1.82) is 0 Å². The summed E-state index contributed by atoms with van der Waals surface area (Å²) in [6.07, 6.45) is 1.00. The minimum atomic E-state index is -3.66. The van der Waals surface area contributed by atoms with Gasteiger partial charge in [-0.2, -0.15) is 0 Å².